The van der Waals surface area contributed by atoms with E-state index in [4.69, 9.17) is 9.47 Å². The maximum atomic E-state index is 9.26. The number of nitrogens with zero attached hydrogens (tertiary/aromatic N) is 1. The number of aliphatic hydroxyl groups excluding tert-OH is 1. The monoisotopic (exact) mass is 279 g/mol. The number of benzene rings is 1. The summed E-state index contributed by atoms with van der Waals surface area (Å²) in [5, 5.41) is 10.1. The van der Waals surface area contributed by atoms with Gasteiger partial charge >= 0.3 is 0 Å². The lowest BCUT2D eigenvalue weighted by atomic mass is 10.2. The van der Waals surface area contributed by atoms with Crippen LogP contribution in [0.15, 0.2) is 24.3 Å². The van der Waals surface area contributed by atoms with Gasteiger partial charge in [0.1, 0.15) is 17.4 Å². The van der Waals surface area contributed by atoms with Gasteiger partial charge in [0, 0.05) is 7.11 Å². The molecule has 5 heteroatoms. The Morgan fingerprint density at radius 3 is 2.74 bits per heavy atom. The van der Waals surface area contributed by atoms with Gasteiger partial charge in [-0.3, -0.25) is 0 Å². The third-order valence-electron chi connectivity index (χ3n) is 2.69. The predicted molar refractivity (Wildman–Crippen MR) is 74.3 cm³/mol. The minimum absolute atomic E-state index is 0.0132. The molecule has 4 nitrogen and oxygen atoms in total. The van der Waals surface area contributed by atoms with E-state index in [1.54, 1.807) is 7.11 Å². The second-order valence-electron chi connectivity index (χ2n) is 4.12. The van der Waals surface area contributed by atoms with Crippen molar-refractivity contribution in [2.24, 2.45) is 0 Å². The van der Waals surface area contributed by atoms with Gasteiger partial charge in [0.2, 0.25) is 0 Å². The second-order valence-corrected chi connectivity index (χ2v) is 5.29. The average molecular weight is 279 g/mol. The van der Waals surface area contributed by atoms with E-state index in [1.165, 1.54) is 11.3 Å². The van der Waals surface area contributed by atoms with Crippen molar-refractivity contribution < 1.29 is 14.6 Å². The Bertz CT molecular complexity index is 539. The molecular formula is C14H17NO3S. The van der Waals surface area contributed by atoms with Gasteiger partial charge in [-0.2, -0.15) is 0 Å². The lowest BCUT2D eigenvalue weighted by Crippen LogP contribution is -1.97. The molecule has 0 radical (unpaired) electrons. The van der Waals surface area contributed by atoms with Gasteiger partial charge in [-0.1, -0.05) is 18.2 Å². The standard InChI is InChI=1S/C14H17NO3S/c1-10-5-3-4-6-12(10)18-9-14-15-11(8-17-2)13(7-16)19-14/h3-6,16H,7-9H2,1-2H3. The summed E-state index contributed by atoms with van der Waals surface area (Å²) in [5.41, 5.74) is 1.89. The van der Waals surface area contributed by atoms with Gasteiger partial charge in [-0.05, 0) is 18.6 Å². The molecule has 0 saturated carbocycles. The van der Waals surface area contributed by atoms with Crippen LogP contribution in [0, 0.1) is 6.92 Å². The summed E-state index contributed by atoms with van der Waals surface area (Å²) in [7, 11) is 1.62. The zero-order chi connectivity index (χ0) is 13.7. The zero-order valence-electron chi connectivity index (χ0n) is 11.0. The maximum Gasteiger partial charge on any atom is 0.140 e. The van der Waals surface area contributed by atoms with Crippen molar-refractivity contribution in [3.05, 3.63) is 45.4 Å². The van der Waals surface area contributed by atoms with E-state index in [2.05, 4.69) is 4.98 Å². The van der Waals surface area contributed by atoms with Crippen LogP contribution in [-0.4, -0.2) is 17.2 Å². The minimum Gasteiger partial charge on any atom is -0.486 e. The Labute approximate surface area is 116 Å². The number of para-hydroxylation sites is 1. The normalized spacial score (nSPS) is 10.7. The summed E-state index contributed by atoms with van der Waals surface area (Å²) in [5.74, 6) is 0.858. The van der Waals surface area contributed by atoms with Crippen LogP contribution in [0.1, 0.15) is 21.1 Å². The number of hydrogen-bond acceptors (Lipinski definition) is 5. The smallest absolute Gasteiger partial charge is 0.140 e. The van der Waals surface area contributed by atoms with E-state index in [1.807, 2.05) is 31.2 Å². The summed E-state index contributed by atoms with van der Waals surface area (Å²) < 4.78 is 10.8. The highest BCUT2D eigenvalue weighted by molar-refractivity contribution is 7.11. The van der Waals surface area contributed by atoms with Gasteiger partial charge in [0.05, 0.1) is 23.8 Å². The first-order valence-corrected chi connectivity index (χ1v) is 6.82. The molecule has 2 aromatic rings. The highest BCUT2D eigenvalue weighted by atomic mass is 32.1. The summed E-state index contributed by atoms with van der Waals surface area (Å²) >= 11 is 1.46. The zero-order valence-corrected chi connectivity index (χ0v) is 11.9. The SMILES string of the molecule is COCc1nc(COc2ccccc2C)sc1CO. The van der Waals surface area contributed by atoms with E-state index in [0.29, 0.717) is 13.2 Å². The van der Waals surface area contributed by atoms with E-state index in [9.17, 15) is 5.11 Å². The molecule has 1 aromatic carbocycles. The number of methoxy groups -OCH3 is 1. The average Bonchev–Trinajstić information content (AvgIpc) is 2.81. The minimum atomic E-state index is -0.0132. The predicted octanol–water partition coefficient (Wildman–Crippen LogP) is 2.67. The topological polar surface area (TPSA) is 51.6 Å². The highest BCUT2D eigenvalue weighted by Gasteiger charge is 2.11. The Morgan fingerprint density at radius 2 is 2.05 bits per heavy atom. The van der Waals surface area contributed by atoms with Crippen LogP contribution >= 0.6 is 11.3 Å². The van der Waals surface area contributed by atoms with Crippen LogP contribution in [0.5, 0.6) is 5.75 Å². The van der Waals surface area contributed by atoms with Crippen molar-refractivity contribution in [2.75, 3.05) is 7.11 Å². The lowest BCUT2D eigenvalue weighted by Gasteiger charge is -2.06. The summed E-state index contributed by atoms with van der Waals surface area (Å²) in [6.45, 7) is 2.82. The third kappa shape index (κ3) is 3.53. The molecule has 2 rings (SSSR count). The van der Waals surface area contributed by atoms with Gasteiger partial charge < -0.3 is 14.6 Å². The number of ether oxygens (including phenoxy) is 2. The Kier molecular flexibility index (Phi) is 4.90. The van der Waals surface area contributed by atoms with E-state index in [-0.39, 0.29) is 6.61 Å². The van der Waals surface area contributed by atoms with Crippen molar-refractivity contribution in [3.63, 3.8) is 0 Å². The van der Waals surface area contributed by atoms with Crippen molar-refractivity contribution in [3.8, 4) is 5.75 Å². The fraction of sp³-hybridized carbons (Fsp3) is 0.357. The van der Waals surface area contributed by atoms with Gasteiger partial charge in [0.25, 0.3) is 0 Å². The maximum absolute atomic E-state index is 9.26. The van der Waals surface area contributed by atoms with Gasteiger partial charge in [-0.25, -0.2) is 4.98 Å². The molecule has 102 valence electrons. The first kappa shape index (κ1) is 14.0. The summed E-state index contributed by atoms with van der Waals surface area (Å²) in [6.07, 6.45) is 0. The number of hydrogen-bond donors (Lipinski definition) is 1. The molecule has 0 saturated heterocycles. The highest BCUT2D eigenvalue weighted by Crippen LogP contribution is 2.22. The lowest BCUT2D eigenvalue weighted by molar-refractivity contribution is 0.178. The number of aliphatic hydroxyl groups is 1. The van der Waals surface area contributed by atoms with Gasteiger partial charge in [0.15, 0.2) is 0 Å². The summed E-state index contributed by atoms with van der Waals surface area (Å²) in [6, 6.07) is 7.87. The fourth-order valence-corrected chi connectivity index (χ4v) is 2.57. The van der Waals surface area contributed by atoms with Crippen molar-refractivity contribution >= 4 is 11.3 Å². The van der Waals surface area contributed by atoms with E-state index < -0.39 is 0 Å². The molecule has 0 fully saturated rings. The molecule has 0 spiro atoms. The van der Waals surface area contributed by atoms with Crippen LogP contribution < -0.4 is 4.74 Å². The van der Waals surface area contributed by atoms with E-state index >= 15 is 0 Å². The molecule has 0 unspecified atom stereocenters. The fourth-order valence-electron chi connectivity index (χ4n) is 1.73. The second kappa shape index (κ2) is 6.65. The Balaban J connectivity index is 2.05. The molecule has 0 aliphatic carbocycles. The molecule has 1 N–H and O–H groups in total. The molecule has 19 heavy (non-hydrogen) atoms. The number of rotatable bonds is 6. The van der Waals surface area contributed by atoms with Crippen molar-refractivity contribution in [1.82, 2.24) is 4.98 Å². The molecule has 0 atom stereocenters. The largest absolute Gasteiger partial charge is 0.486 e. The summed E-state index contributed by atoms with van der Waals surface area (Å²) in [4.78, 5) is 5.26. The quantitative estimate of drug-likeness (QED) is 0.883. The molecule has 1 aromatic heterocycles. The first-order valence-electron chi connectivity index (χ1n) is 6.00. The Morgan fingerprint density at radius 1 is 1.26 bits per heavy atom. The molecule has 0 amide bonds. The van der Waals surface area contributed by atoms with Crippen LogP contribution in [-0.2, 0) is 24.6 Å². The Hall–Kier alpha value is -1.43. The van der Waals surface area contributed by atoms with Crippen molar-refractivity contribution in [2.45, 2.75) is 26.7 Å². The molecule has 1 heterocycles. The van der Waals surface area contributed by atoms with Crippen LogP contribution in [0.4, 0.5) is 0 Å². The number of thiazole rings is 1. The van der Waals surface area contributed by atoms with E-state index in [0.717, 1.165) is 26.9 Å². The third-order valence-corrected chi connectivity index (χ3v) is 3.75. The number of aryl methyl sites for hydroxylation is 1. The molecule has 0 aliphatic rings. The van der Waals surface area contributed by atoms with Crippen LogP contribution in [0.3, 0.4) is 0 Å². The van der Waals surface area contributed by atoms with Crippen LogP contribution in [0.2, 0.25) is 0 Å². The molecule has 0 aliphatic heterocycles. The van der Waals surface area contributed by atoms with Gasteiger partial charge in [-0.15, -0.1) is 11.3 Å². The number of aromatic nitrogens is 1. The molecule has 0 bridgehead atoms. The molecular weight excluding hydrogens is 262 g/mol. The van der Waals surface area contributed by atoms with Crippen molar-refractivity contribution in [1.29, 1.82) is 0 Å². The first-order chi connectivity index (χ1) is 9.24. The van der Waals surface area contributed by atoms with Crippen LogP contribution in [0.25, 0.3) is 0 Å².